The number of rotatable bonds is 8. The largest absolute Gasteiger partial charge is 0.496 e. The van der Waals surface area contributed by atoms with Crippen molar-refractivity contribution in [2.24, 2.45) is 5.92 Å². The molecule has 1 saturated carbocycles. The van der Waals surface area contributed by atoms with Crippen molar-refractivity contribution < 1.29 is 13.9 Å². The Bertz CT molecular complexity index is 941. The molecular weight excluding hydrogens is 374 g/mol. The molecule has 4 rings (SSSR count). The highest BCUT2D eigenvalue weighted by atomic mass is 32.2. The van der Waals surface area contributed by atoms with Gasteiger partial charge in [0.25, 0.3) is 11.1 Å². The quantitative estimate of drug-likeness (QED) is 0.579. The van der Waals surface area contributed by atoms with Crippen LogP contribution in [0.5, 0.6) is 5.75 Å². The fraction of sp³-hybridized carbons (Fsp3) is 0.286. The fourth-order valence-corrected chi connectivity index (χ4v) is 3.68. The number of aromatic nitrogens is 2. The number of carbonyl (C=O) groups excluding carboxylic acids is 1. The zero-order chi connectivity index (χ0) is 19.3. The first kappa shape index (κ1) is 18.6. The zero-order valence-corrected chi connectivity index (χ0v) is 16.3. The van der Waals surface area contributed by atoms with Crippen molar-refractivity contribution in [2.45, 2.75) is 24.1 Å². The Balaban J connectivity index is 1.37. The molecule has 6 nitrogen and oxygen atoms in total. The van der Waals surface area contributed by atoms with Crippen LogP contribution in [-0.4, -0.2) is 29.0 Å². The standard InChI is InChI=1S/C21H21N3O3S/c1-26-17-10-6-5-9-16(17)20-23-24-21(27-20)28-13-18(25)22-19(15-11-12-15)14-7-3-2-4-8-14/h2-10,15,19H,11-13H2,1H3,(H,22,25). The van der Waals surface area contributed by atoms with Crippen LogP contribution in [0.1, 0.15) is 24.4 Å². The van der Waals surface area contributed by atoms with Crippen LogP contribution in [0.2, 0.25) is 0 Å². The highest BCUT2D eigenvalue weighted by Crippen LogP contribution is 2.41. The zero-order valence-electron chi connectivity index (χ0n) is 15.5. The highest BCUT2D eigenvalue weighted by Gasteiger charge is 2.33. The van der Waals surface area contributed by atoms with Gasteiger partial charge in [0.1, 0.15) is 5.75 Å². The van der Waals surface area contributed by atoms with Crippen molar-refractivity contribution in [3.8, 4) is 17.2 Å². The van der Waals surface area contributed by atoms with E-state index in [1.807, 2.05) is 42.5 Å². The van der Waals surface area contributed by atoms with Gasteiger partial charge in [-0.2, -0.15) is 0 Å². The average molecular weight is 395 g/mol. The lowest BCUT2D eigenvalue weighted by atomic mass is 10.0. The maximum atomic E-state index is 12.5. The summed E-state index contributed by atoms with van der Waals surface area (Å²) in [6, 6.07) is 17.6. The van der Waals surface area contributed by atoms with E-state index >= 15 is 0 Å². The third kappa shape index (κ3) is 4.36. The van der Waals surface area contributed by atoms with Crippen LogP contribution < -0.4 is 10.1 Å². The Hall–Kier alpha value is -2.80. The number of amides is 1. The van der Waals surface area contributed by atoms with Gasteiger partial charge in [-0.05, 0) is 36.5 Å². The Labute approximate surface area is 167 Å². The number of methoxy groups -OCH3 is 1. The summed E-state index contributed by atoms with van der Waals surface area (Å²) in [7, 11) is 1.60. The Morgan fingerprint density at radius 2 is 1.93 bits per heavy atom. The molecule has 0 radical (unpaired) electrons. The summed E-state index contributed by atoms with van der Waals surface area (Å²) in [5, 5.41) is 11.6. The van der Waals surface area contributed by atoms with Crippen molar-refractivity contribution in [1.29, 1.82) is 0 Å². The molecule has 3 aromatic rings. The van der Waals surface area contributed by atoms with Crippen molar-refractivity contribution in [2.75, 3.05) is 12.9 Å². The molecule has 28 heavy (non-hydrogen) atoms. The Morgan fingerprint density at radius 3 is 2.68 bits per heavy atom. The minimum absolute atomic E-state index is 0.0391. The number of nitrogens with one attached hydrogen (secondary N) is 1. The SMILES string of the molecule is COc1ccccc1-c1nnc(SCC(=O)NC(c2ccccc2)C2CC2)o1. The number of carbonyl (C=O) groups is 1. The molecule has 1 fully saturated rings. The first-order valence-corrected chi connectivity index (χ1v) is 10.2. The maximum absolute atomic E-state index is 12.5. The molecule has 1 heterocycles. The summed E-state index contributed by atoms with van der Waals surface area (Å²) in [6.07, 6.45) is 2.30. The van der Waals surface area contributed by atoms with E-state index in [9.17, 15) is 4.79 Å². The van der Waals surface area contributed by atoms with Crippen molar-refractivity contribution in [3.05, 3.63) is 60.2 Å². The summed E-state index contributed by atoms with van der Waals surface area (Å²) in [6.45, 7) is 0. The van der Waals surface area contributed by atoms with Crippen LogP contribution in [0.15, 0.2) is 64.2 Å². The number of ether oxygens (including phenoxy) is 1. The lowest BCUT2D eigenvalue weighted by molar-refractivity contribution is -0.119. The van der Waals surface area contributed by atoms with Gasteiger partial charge in [-0.25, -0.2) is 0 Å². The second kappa shape index (κ2) is 8.48. The lowest BCUT2D eigenvalue weighted by Gasteiger charge is -2.18. The van der Waals surface area contributed by atoms with E-state index < -0.39 is 0 Å². The predicted molar refractivity (Wildman–Crippen MR) is 107 cm³/mol. The normalized spacial score (nSPS) is 14.5. The molecule has 2 aromatic carbocycles. The lowest BCUT2D eigenvalue weighted by Crippen LogP contribution is -2.31. The van der Waals surface area contributed by atoms with Crippen LogP contribution in [-0.2, 0) is 4.79 Å². The first-order chi connectivity index (χ1) is 13.7. The van der Waals surface area contributed by atoms with Gasteiger partial charge in [0.15, 0.2) is 0 Å². The monoisotopic (exact) mass is 395 g/mol. The summed E-state index contributed by atoms with van der Waals surface area (Å²) in [5.74, 6) is 1.75. The molecule has 1 aliphatic carbocycles. The molecule has 0 bridgehead atoms. The number of benzene rings is 2. The van der Waals surface area contributed by atoms with Gasteiger partial charge >= 0.3 is 0 Å². The van der Waals surface area contributed by atoms with Crippen LogP contribution in [0.25, 0.3) is 11.5 Å². The smallest absolute Gasteiger partial charge is 0.277 e. The molecule has 1 aromatic heterocycles. The van der Waals surface area contributed by atoms with Crippen LogP contribution in [0.3, 0.4) is 0 Å². The molecule has 0 aliphatic heterocycles. The summed E-state index contributed by atoms with van der Waals surface area (Å²) < 4.78 is 11.0. The van der Waals surface area contributed by atoms with Crippen LogP contribution in [0.4, 0.5) is 0 Å². The van der Waals surface area contributed by atoms with Gasteiger partial charge < -0.3 is 14.5 Å². The van der Waals surface area contributed by atoms with Crippen molar-refractivity contribution in [1.82, 2.24) is 15.5 Å². The molecule has 1 aliphatic rings. The molecular formula is C21H21N3O3S. The van der Waals surface area contributed by atoms with Crippen molar-refractivity contribution >= 4 is 17.7 Å². The molecule has 0 spiro atoms. The van der Waals surface area contributed by atoms with E-state index in [0.717, 1.165) is 24.0 Å². The second-order valence-corrected chi connectivity index (χ2v) is 7.58. The third-order valence-corrected chi connectivity index (χ3v) is 5.46. The van der Waals surface area contributed by atoms with Gasteiger partial charge in [-0.1, -0.05) is 54.2 Å². The molecule has 1 unspecified atom stereocenters. The summed E-state index contributed by atoms with van der Waals surface area (Å²) in [5.41, 5.74) is 1.88. The topological polar surface area (TPSA) is 77.2 Å². The minimum Gasteiger partial charge on any atom is -0.496 e. The number of para-hydroxylation sites is 1. The number of nitrogens with zero attached hydrogens (tertiary/aromatic N) is 2. The van der Waals surface area contributed by atoms with E-state index in [4.69, 9.17) is 9.15 Å². The van der Waals surface area contributed by atoms with Crippen LogP contribution >= 0.6 is 11.8 Å². The molecule has 0 saturated heterocycles. The molecule has 144 valence electrons. The number of hydrogen-bond acceptors (Lipinski definition) is 6. The van der Waals surface area contributed by atoms with E-state index in [1.54, 1.807) is 7.11 Å². The van der Waals surface area contributed by atoms with Gasteiger partial charge in [-0.15, -0.1) is 10.2 Å². The average Bonchev–Trinajstić information content (AvgIpc) is 3.48. The van der Waals surface area contributed by atoms with E-state index in [0.29, 0.717) is 22.8 Å². The van der Waals surface area contributed by atoms with E-state index in [2.05, 4.69) is 27.6 Å². The summed E-state index contributed by atoms with van der Waals surface area (Å²) >= 11 is 1.23. The van der Waals surface area contributed by atoms with Gasteiger partial charge in [0.05, 0.1) is 24.5 Å². The Kier molecular flexibility index (Phi) is 5.62. The molecule has 7 heteroatoms. The summed E-state index contributed by atoms with van der Waals surface area (Å²) in [4.78, 5) is 12.5. The van der Waals surface area contributed by atoms with Gasteiger partial charge in [0.2, 0.25) is 5.91 Å². The highest BCUT2D eigenvalue weighted by molar-refractivity contribution is 7.99. The van der Waals surface area contributed by atoms with E-state index in [-0.39, 0.29) is 17.7 Å². The fourth-order valence-electron chi connectivity index (χ4n) is 3.10. The third-order valence-electron chi connectivity index (χ3n) is 4.64. The molecule has 1 atom stereocenters. The minimum atomic E-state index is -0.0391. The van der Waals surface area contributed by atoms with Gasteiger partial charge in [-0.3, -0.25) is 4.79 Å². The Morgan fingerprint density at radius 1 is 1.18 bits per heavy atom. The first-order valence-electron chi connectivity index (χ1n) is 9.18. The maximum Gasteiger partial charge on any atom is 0.277 e. The van der Waals surface area contributed by atoms with Crippen molar-refractivity contribution in [3.63, 3.8) is 0 Å². The van der Waals surface area contributed by atoms with Gasteiger partial charge in [0, 0.05) is 0 Å². The van der Waals surface area contributed by atoms with Crippen LogP contribution in [0, 0.1) is 5.92 Å². The number of thioether (sulfide) groups is 1. The molecule has 1 amide bonds. The van der Waals surface area contributed by atoms with E-state index in [1.165, 1.54) is 11.8 Å². The molecule has 1 N–H and O–H groups in total. The second-order valence-electron chi connectivity index (χ2n) is 6.66. The number of hydrogen-bond donors (Lipinski definition) is 1. The predicted octanol–water partition coefficient (Wildman–Crippen LogP) is 4.10.